The van der Waals surface area contributed by atoms with Gasteiger partial charge in [0.05, 0.1) is 0 Å². The summed E-state index contributed by atoms with van der Waals surface area (Å²) in [6, 6.07) is 12.6. The van der Waals surface area contributed by atoms with Gasteiger partial charge in [-0.3, -0.25) is 14.7 Å². The number of hydrogen-bond acceptors (Lipinski definition) is 6. The summed E-state index contributed by atoms with van der Waals surface area (Å²) in [7, 11) is 0. The summed E-state index contributed by atoms with van der Waals surface area (Å²) in [6.45, 7) is 25.7. The van der Waals surface area contributed by atoms with E-state index in [-0.39, 0.29) is 0 Å². The van der Waals surface area contributed by atoms with Crippen LogP contribution >= 0.6 is 0 Å². The summed E-state index contributed by atoms with van der Waals surface area (Å²) in [5.41, 5.74) is 8.81. The zero-order valence-electron chi connectivity index (χ0n) is 29.2. The van der Waals surface area contributed by atoms with Gasteiger partial charge >= 0.3 is 0 Å². The Hall–Kier alpha value is -3.06. The zero-order chi connectivity index (χ0) is 33.0. The van der Waals surface area contributed by atoms with E-state index in [9.17, 15) is 15.3 Å². The monoisotopic (exact) mass is 615 g/mol. The minimum atomic E-state index is 0.344. The normalized spacial score (nSPS) is 16.0. The second-order valence-corrected chi connectivity index (χ2v) is 15.0. The van der Waals surface area contributed by atoms with Gasteiger partial charge in [0, 0.05) is 92.3 Å². The third-order valence-electron chi connectivity index (χ3n) is 8.47. The van der Waals surface area contributed by atoms with Crippen LogP contribution in [0.4, 0.5) is 0 Å². The van der Waals surface area contributed by atoms with E-state index in [2.05, 4.69) is 113 Å². The lowest BCUT2D eigenvalue weighted by Gasteiger charge is -2.30. The van der Waals surface area contributed by atoms with Gasteiger partial charge in [0.25, 0.3) is 0 Å². The third kappa shape index (κ3) is 9.48. The fourth-order valence-corrected chi connectivity index (χ4v) is 7.08. The van der Waals surface area contributed by atoms with Crippen LogP contribution in [0.25, 0.3) is 0 Å². The molecule has 3 aromatic rings. The Morgan fingerprint density at radius 1 is 0.422 bits per heavy atom. The van der Waals surface area contributed by atoms with Crippen LogP contribution in [0.1, 0.15) is 91.6 Å². The Morgan fingerprint density at radius 2 is 0.600 bits per heavy atom. The molecule has 4 rings (SSSR count). The molecule has 6 heteroatoms. The lowest BCUT2D eigenvalue weighted by Crippen LogP contribution is -2.29. The van der Waals surface area contributed by atoms with Crippen LogP contribution in [-0.2, 0) is 39.3 Å². The first-order valence-corrected chi connectivity index (χ1v) is 16.8. The summed E-state index contributed by atoms with van der Waals surface area (Å²) in [6.07, 6.45) is 0. The second kappa shape index (κ2) is 15.0. The lowest BCUT2D eigenvalue weighted by atomic mass is 9.99. The molecule has 0 aromatic heterocycles. The highest BCUT2D eigenvalue weighted by Crippen LogP contribution is 2.34. The maximum absolute atomic E-state index is 11.7. The van der Waals surface area contributed by atoms with E-state index in [0.29, 0.717) is 74.3 Å². The number of fused-ring (bicyclic) bond motifs is 6. The predicted octanol–water partition coefficient (Wildman–Crippen LogP) is 8.02. The number of phenols is 3. The summed E-state index contributed by atoms with van der Waals surface area (Å²) in [4.78, 5) is 7.06. The molecule has 246 valence electrons. The van der Waals surface area contributed by atoms with Crippen molar-refractivity contribution < 1.29 is 15.3 Å². The number of rotatable bonds is 6. The van der Waals surface area contributed by atoms with Crippen molar-refractivity contribution in [2.45, 2.75) is 102 Å². The van der Waals surface area contributed by atoms with Gasteiger partial charge in [-0.1, -0.05) is 94.6 Å². The summed E-state index contributed by atoms with van der Waals surface area (Å²) < 4.78 is 0. The van der Waals surface area contributed by atoms with Crippen molar-refractivity contribution in [2.24, 2.45) is 17.8 Å². The minimum Gasteiger partial charge on any atom is -0.507 e. The molecule has 1 aliphatic heterocycles. The molecule has 3 N–H and O–H groups in total. The fourth-order valence-electron chi connectivity index (χ4n) is 7.08. The van der Waals surface area contributed by atoms with Crippen LogP contribution < -0.4 is 0 Å². The first-order chi connectivity index (χ1) is 21.2. The Labute approximate surface area is 272 Å². The van der Waals surface area contributed by atoms with Crippen molar-refractivity contribution in [1.82, 2.24) is 14.7 Å². The van der Waals surface area contributed by atoms with Gasteiger partial charge in [0.1, 0.15) is 17.2 Å². The van der Waals surface area contributed by atoms with E-state index < -0.39 is 0 Å². The molecule has 0 atom stereocenters. The molecule has 0 fully saturated rings. The Bertz CT molecular complexity index is 1210. The standard InChI is InChI=1S/C39H57N3O3/c1-25(2)16-40-19-31-10-28(7)12-33(37(31)43)21-41(17-26(3)4)23-35-14-30(9)15-36(39(35)45)24-42(18-27(5)6)22-34-13-29(8)11-32(20-40)38(34)44/h10-15,25-27,43-45H,16-24H2,1-9H3. The van der Waals surface area contributed by atoms with E-state index >= 15 is 0 Å². The summed E-state index contributed by atoms with van der Waals surface area (Å²) >= 11 is 0. The summed E-state index contributed by atoms with van der Waals surface area (Å²) in [5.74, 6) is 2.31. The van der Waals surface area contributed by atoms with E-state index in [0.717, 1.165) is 69.7 Å². The first-order valence-electron chi connectivity index (χ1n) is 16.8. The second-order valence-electron chi connectivity index (χ2n) is 15.0. The average molecular weight is 616 g/mol. The van der Waals surface area contributed by atoms with E-state index in [1.54, 1.807) is 0 Å². The number of hydrogen-bond donors (Lipinski definition) is 3. The highest BCUT2D eigenvalue weighted by atomic mass is 16.3. The summed E-state index contributed by atoms with van der Waals surface area (Å²) in [5, 5.41) is 35.1. The van der Waals surface area contributed by atoms with Crippen LogP contribution in [0.2, 0.25) is 0 Å². The molecule has 1 aliphatic rings. The van der Waals surface area contributed by atoms with Gasteiger partial charge in [-0.25, -0.2) is 0 Å². The van der Waals surface area contributed by atoms with Crippen LogP contribution in [0, 0.1) is 38.5 Å². The molecule has 0 unspecified atom stereocenters. The van der Waals surface area contributed by atoms with Crippen LogP contribution in [0.3, 0.4) is 0 Å². The number of aryl methyl sites for hydroxylation is 3. The molecular formula is C39H57N3O3. The SMILES string of the molecule is Cc1cc2c(O)c(c1)CN(CC(C)C)Cc1cc(C)cc(c1O)CN(CC(C)C)Cc1cc(C)cc(c1O)CN(CC(C)C)C2. The zero-order valence-corrected chi connectivity index (χ0v) is 29.2. The van der Waals surface area contributed by atoms with Gasteiger partial charge in [-0.15, -0.1) is 0 Å². The first kappa shape index (κ1) is 34.8. The highest BCUT2D eigenvalue weighted by Gasteiger charge is 2.23. The molecule has 0 spiro atoms. The number of phenolic OH excluding ortho intramolecular Hbond substituents is 3. The van der Waals surface area contributed by atoms with Gasteiger partial charge in [0.2, 0.25) is 0 Å². The molecule has 6 bridgehead atoms. The van der Waals surface area contributed by atoms with Crippen LogP contribution in [0.5, 0.6) is 17.2 Å². The Kier molecular flexibility index (Phi) is 11.6. The lowest BCUT2D eigenvalue weighted by molar-refractivity contribution is 0.210. The van der Waals surface area contributed by atoms with Crippen molar-refractivity contribution in [1.29, 1.82) is 0 Å². The Balaban J connectivity index is 1.89. The molecule has 0 aliphatic carbocycles. The molecule has 6 nitrogen and oxygen atoms in total. The molecule has 0 amide bonds. The largest absolute Gasteiger partial charge is 0.507 e. The van der Waals surface area contributed by atoms with Crippen molar-refractivity contribution >= 4 is 0 Å². The minimum absolute atomic E-state index is 0.344. The number of aromatic hydroxyl groups is 3. The third-order valence-corrected chi connectivity index (χ3v) is 8.47. The van der Waals surface area contributed by atoms with Crippen molar-refractivity contribution in [3.63, 3.8) is 0 Å². The quantitative estimate of drug-likeness (QED) is 0.261. The van der Waals surface area contributed by atoms with Gasteiger partial charge in [0.15, 0.2) is 0 Å². The topological polar surface area (TPSA) is 70.4 Å². The average Bonchev–Trinajstić information content (AvgIpc) is 2.90. The Morgan fingerprint density at radius 3 is 0.756 bits per heavy atom. The molecule has 0 radical (unpaired) electrons. The van der Waals surface area contributed by atoms with Crippen molar-refractivity contribution in [2.75, 3.05) is 19.6 Å². The molecule has 0 saturated carbocycles. The number of nitrogens with zero attached hydrogens (tertiary/aromatic N) is 3. The van der Waals surface area contributed by atoms with E-state index in [1.165, 1.54) is 0 Å². The predicted molar refractivity (Wildman–Crippen MR) is 185 cm³/mol. The van der Waals surface area contributed by atoms with Gasteiger partial charge in [-0.2, -0.15) is 0 Å². The molecular weight excluding hydrogens is 558 g/mol. The smallest absolute Gasteiger partial charge is 0.124 e. The van der Waals surface area contributed by atoms with E-state index in [4.69, 9.17) is 0 Å². The molecule has 0 saturated heterocycles. The van der Waals surface area contributed by atoms with Gasteiger partial charge < -0.3 is 15.3 Å². The van der Waals surface area contributed by atoms with Crippen LogP contribution in [0.15, 0.2) is 36.4 Å². The van der Waals surface area contributed by atoms with E-state index in [1.807, 2.05) is 0 Å². The number of benzene rings is 3. The molecule has 1 heterocycles. The fraction of sp³-hybridized carbons (Fsp3) is 0.538. The van der Waals surface area contributed by atoms with Gasteiger partial charge in [-0.05, 0) is 38.5 Å². The highest BCUT2D eigenvalue weighted by molar-refractivity contribution is 5.47. The van der Waals surface area contributed by atoms with Crippen molar-refractivity contribution in [3.8, 4) is 17.2 Å². The molecule has 45 heavy (non-hydrogen) atoms. The molecule has 3 aromatic carbocycles. The van der Waals surface area contributed by atoms with Crippen LogP contribution in [-0.4, -0.2) is 49.7 Å². The maximum Gasteiger partial charge on any atom is 0.124 e. The maximum atomic E-state index is 11.7. The van der Waals surface area contributed by atoms with Crippen molar-refractivity contribution in [3.05, 3.63) is 86.5 Å².